The molecule has 0 heterocycles. The number of para-hydroxylation sites is 1. The van der Waals surface area contributed by atoms with Gasteiger partial charge in [0.05, 0.1) is 0 Å². The number of rotatable bonds is 3. The summed E-state index contributed by atoms with van der Waals surface area (Å²) >= 11 is 0. The first-order chi connectivity index (χ1) is 5.83. The Morgan fingerprint density at radius 1 is 1.42 bits per heavy atom. The van der Waals surface area contributed by atoms with Gasteiger partial charge in [0.15, 0.2) is 0 Å². The average molecular weight is 163 g/mol. The first-order valence-corrected chi connectivity index (χ1v) is 3.78. The summed E-state index contributed by atoms with van der Waals surface area (Å²) in [6, 6.07) is 9.36. The lowest BCUT2D eigenvalue weighted by molar-refractivity contribution is -0.115. The molecule has 1 amide bonds. The molecule has 0 aromatic heterocycles. The van der Waals surface area contributed by atoms with Crippen LogP contribution in [0, 0.1) is 0 Å². The maximum Gasteiger partial charge on any atom is 0.228 e. The van der Waals surface area contributed by atoms with Gasteiger partial charge in [-0.25, -0.2) is 0 Å². The van der Waals surface area contributed by atoms with Crippen LogP contribution in [0.5, 0.6) is 0 Å². The fraction of sp³-hybridized carbons (Fsp3) is 0.100. The van der Waals surface area contributed by atoms with Gasteiger partial charge in [-0.3, -0.25) is 4.79 Å². The van der Waals surface area contributed by atoms with Crippen molar-refractivity contribution in [3.8, 4) is 0 Å². The van der Waals surface area contributed by atoms with Crippen LogP contribution in [0.4, 0.5) is 5.69 Å². The van der Waals surface area contributed by atoms with E-state index in [1.165, 1.54) is 0 Å². The van der Waals surface area contributed by atoms with Gasteiger partial charge in [-0.2, -0.15) is 0 Å². The molecule has 1 rings (SSSR count). The molecule has 0 saturated carbocycles. The summed E-state index contributed by atoms with van der Waals surface area (Å²) in [6.07, 6.45) is 1.94. The lowest BCUT2D eigenvalue weighted by Crippen LogP contribution is -2.09. The third-order valence-electron chi connectivity index (χ3n) is 1.39. The number of benzene rings is 1. The van der Waals surface area contributed by atoms with Crippen LogP contribution < -0.4 is 5.32 Å². The summed E-state index contributed by atoms with van der Waals surface area (Å²) in [6.45, 7) is 3.48. The number of nitrogens with one attached hydrogen (secondary N) is 1. The lowest BCUT2D eigenvalue weighted by atomic mass is 10.3. The summed E-state index contributed by atoms with van der Waals surface area (Å²) in [5.41, 5.74) is 0.823. The average Bonchev–Trinajstić information content (AvgIpc) is 2.06. The predicted octanol–water partition coefficient (Wildman–Crippen LogP) is 2.20. The van der Waals surface area contributed by atoms with Crippen molar-refractivity contribution in [2.24, 2.45) is 0 Å². The van der Waals surface area contributed by atoms with E-state index in [0.717, 1.165) is 5.69 Å². The van der Waals surface area contributed by atoms with Crippen LogP contribution in [-0.2, 0) is 4.79 Å². The molecule has 62 valence electrons. The summed E-state index contributed by atoms with van der Waals surface area (Å²) in [5, 5.41) is 2.73. The lowest BCUT2D eigenvalue weighted by Gasteiger charge is -2.01. The fourth-order valence-corrected chi connectivity index (χ4v) is 0.865. The molecule has 12 heavy (non-hydrogen) atoms. The molecule has 0 bridgehead atoms. The molecule has 2 heteroatoms. The van der Waals surface area contributed by atoms with Crippen molar-refractivity contribution in [3.63, 3.8) is 0 Å². The Morgan fingerprint density at radius 3 is 2.67 bits per heavy atom. The number of amides is 1. The SMILES string of the molecule is C=CC[14C](=O)Nc1ccccc1. The Balaban J connectivity index is 2.52. The third-order valence-corrected chi connectivity index (χ3v) is 1.39. The van der Waals surface area contributed by atoms with Gasteiger partial charge < -0.3 is 5.32 Å². The van der Waals surface area contributed by atoms with Gasteiger partial charge in [-0.05, 0) is 12.1 Å². The Morgan fingerprint density at radius 2 is 2.08 bits per heavy atom. The highest BCUT2D eigenvalue weighted by atomic mass is 16.3. The van der Waals surface area contributed by atoms with Gasteiger partial charge in [0, 0.05) is 12.1 Å². The molecular weight excluding hydrogens is 152 g/mol. The van der Waals surface area contributed by atoms with Gasteiger partial charge in [-0.1, -0.05) is 24.3 Å². The molecule has 1 aromatic carbocycles. The first kappa shape index (κ1) is 8.53. The van der Waals surface area contributed by atoms with Crippen molar-refractivity contribution in [2.45, 2.75) is 6.42 Å². The molecule has 0 saturated heterocycles. The minimum atomic E-state index is -0.0313. The molecular formula is C10H11NO. The van der Waals surface area contributed by atoms with Crippen molar-refractivity contribution < 1.29 is 4.79 Å². The molecule has 0 aliphatic carbocycles. The molecule has 0 atom stereocenters. The zero-order chi connectivity index (χ0) is 8.81. The van der Waals surface area contributed by atoms with Crippen LogP contribution in [0.25, 0.3) is 0 Å². The second-order valence-electron chi connectivity index (χ2n) is 2.41. The zero-order valence-electron chi connectivity index (χ0n) is 6.79. The minimum absolute atomic E-state index is 0.0313. The van der Waals surface area contributed by atoms with E-state index in [1.807, 2.05) is 30.3 Å². The maximum absolute atomic E-state index is 11.0. The predicted molar refractivity (Wildman–Crippen MR) is 49.9 cm³/mol. The summed E-state index contributed by atoms with van der Waals surface area (Å²) in [7, 11) is 0. The van der Waals surface area contributed by atoms with E-state index < -0.39 is 0 Å². The highest BCUT2D eigenvalue weighted by Gasteiger charge is 1.96. The van der Waals surface area contributed by atoms with Crippen molar-refractivity contribution in [2.75, 3.05) is 5.32 Å². The van der Waals surface area contributed by atoms with E-state index >= 15 is 0 Å². The number of carbonyl (C=O) groups excluding carboxylic acids is 1. The number of hydrogen-bond acceptors (Lipinski definition) is 1. The normalized spacial score (nSPS) is 9.00. The maximum atomic E-state index is 11.0. The zero-order valence-corrected chi connectivity index (χ0v) is 6.79. The quantitative estimate of drug-likeness (QED) is 0.680. The van der Waals surface area contributed by atoms with Crippen molar-refractivity contribution in [1.29, 1.82) is 0 Å². The highest BCUT2D eigenvalue weighted by molar-refractivity contribution is 5.91. The highest BCUT2D eigenvalue weighted by Crippen LogP contribution is 2.04. The fourth-order valence-electron chi connectivity index (χ4n) is 0.865. The molecule has 0 spiro atoms. The van der Waals surface area contributed by atoms with Crippen molar-refractivity contribution >= 4 is 11.6 Å². The van der Waals surface area contributed by atoms with Crippen LogP contribution in [0.15, 0.2) is 43.0 Å². The number of carbonyl (C=O) groups is 1. The summed E-state index contributed by atoms with van der Waals surface area (Å²) in [5.74, 6) is -0.0313. The Hall–Kier alpha value is -1.57. The van der Waals surface area contributed by atoms with Crippen LogP contribution >= 0.6 is 0 Å². The topological polar surface area (TPSA) is 29.1 Å². The van der Waals surface area contributed by atoms with Gasteiger partial charge in [-0.15, -0.1) is 6.58 Å². The van der Waals surface area contributed by atoms with Gasteiger partial charge in [0.1, 0.15) is 0 Å². The van der Waals surface area contributed by atoms with E-state index in [-0.39, 0.29) is 5.91 Å². The second-order valence-corrected chi connectivity index (χ2v) is 2.41. The molecule has 0 radical (unpaired) electrons. The smallest absolute Gasteiger partial charge is 0.228 e. The Kier molecular flexibility index (Phi) is 3.08. The van der Waals surface area contributed by atoms with Crippen molar-refractivity contribution in [1.82, 2.24) is 0 Å². The van der Waals surface area contributed by atoms with Crippen LogP contribution in [0.1, 0.15) is 6.42 Å². The monoisotopic (exact) mass is 163 g/mol. The number of anilines is 1. The molecule has 0 unspecified atom stereocenters. The Labute approximate surface area is 71.9 Å². The van der Waals surface area contributed by atoms with Gasteiger partial charge in [0.2, 0.25) is 5.91 Å². The van der Waals surface area contributed by atoms with Crippen LogP contribution in [-0.4, -0.2) is 5.91 Å². The third kappa shape index (κ3) is 2.58. The summed E-state index contributed by atoms with van der Waals surface area (Å²) in [4.78, 5) is 11.0. The Bertz CT molecular complexity index is 266. The second kappa shape index (κ2) is 4.34. The van der Waals surface area contributed by atoms with Gasteiger partial charge in [0.25, 0.3) is 0 Å². The van der Waals surface area contributed by atoms with E-state index in [9.17, 15) is 4.79 Å². The molecule has 0 fully saturated rings. The molecule has 1 aromatic rings. The van der Waals surface area contributed by atoms with E-state index in [2.05, 4.69) is 11.9 Å². The van der Waals surface area contributed by atoms with Crippen molar-refractivity contribution in [3.05, 3.63) is 43.0 Å². The summed E-state index contributed by atoms with van der Waals surface area (Å²) < 4.78 is 0. The molecule has 0 aliphatic rings. The van der Waals surface area contributed by atoms with Crippen LogP contribution in [0.3, 0.4) is 0 Å². The van der Waals surface area contributed by atoms with E-state index in [4.69, 9.17) is 0 Å². The van der Waals surface area contributed by atoms with E-state index in [1.54, 1.807) is 6.08 Å². The van der Waals surface area contributed by atoms with E-state index in [0.29, 0.717) is 6.42 Å². The number of hydrogen-bond donors (Lipinski definition) is 1. The standard InChI is InChI=1S/C10H11NO/c1-2-6-10(12)11-9-7-4-3-5-8-9/h2-5,7-8H,1,6H2,(H,11,12)/i10+2. The molecule has 1 N–H and O–H groups in total. The molecule has 2 nitrogen and oxygen atoms in total. The van der Waals surface area contributed by atoms with Gasteiger partial charge >= 0.3 is 0 Å². The minimum Gasteiger partial charge on any atom is -0.326 e. The van der Waals surface area contributed by atoms with Crippen LogP contribution in [0.2, 0.25) is 0 Å². The molecule has 0 aliphatic heterocycles. The largest absolute Gasteiger partial charge is 0.326 e. The first-order valence-electron chi connectivity index (χ1n) is 3.78.